The summed E-state index contributed by atoms with van der Waals surface area (Å²) in [5, 5.41) is 24.0. The Hall–Kier alpha value is -1.74. The van der Waals surface area contributed by atoms with Crippen LogP contribution in [0.1, 0.15) is 6.92 Å². The van der Waals surface area contributed by atoms with E-state index in [4.69, 9.17) is 9.47 Å². The van der Waals surface area contributed by atoms with Crippen LogP contribution >= 0.6 is 0 Å². The van der Waals surface area contributed by atoms with E-state index in [1.807, 2.05) is 6.92 Å². The third-order valence-corrected chi connectivity index (χ3v) is 6.24. The van der Waals surface area contributed by atoms with E-state index in [1.54, 1.807) is 19.2 Å². The summed E-state index contributed by atoms with van der Waals surface area (Å²) >= 11 is 0. The van der Waals surface area contributed by atoms with E-state index in [1.165, 1.54) is 12.1 Å². The molecule has 1 aliphatic heterocycles. The molecule has 2 fully saturated rings. The van der Waals surface area contributed by atoms with E-state index in [-0.39, 0.29) is 35.4 Å². The number of benzene rings is 1. The molecule has 162 valence electrons. The van der Waals surface area contributed by atoms with Gasteiger partial charge in [0, 0.05) is 45.1 Å². The molecular formula is C21H31FN2O5. The normalized spacial score (nSPS) is 32.0. The van der Waals surface area contributed by atoms with Crippen LogP contribution < -0.4 is 10.1 Å². The first-order chi connectivity index (χ1) is 13.9. The molecule has 1 aliphatic carbocycles. The number of rotatable bonds is 8. The zero-order valence-corrected chi connectivity index (χ0v) is 17.0. The van der Waals surface area contributed by atoms with Crippen molar-refractivity contribution in [1.82, 2.24) is 10.2 Å². The zero-order chi connectivity index (χ0) is 21.0. The SMILES string of the molecule is COCCNC(=O)[C@H]1[C@@H](C)[C@H](O)[C@@H](O)[C@H]2CN(CCOc3ccc(F)cc3)C[C@@H]21. The van der Waals surface area contributed by atoms with Crippen molar-refractivity contribution in [2.45, 2.75) is 19.1 Å². The molecule has 0 spiro atoms. The number of carbonyl (C=O) groups is 1. The Morgan fingerprint density at radius 3 is 2.55 bits per heavy atom. The van der Waals surface area contributed by atoms with Crippen molar-refractivity contribution in [3.8, 4) is 5.75 Å². The maximum absolute atomic E-state index is 13.0. The Morgan fingerprint density at radius 2 is 1.86 bits per heavy atom. The lowest BCUT2D eigenvalue weighted by Crippen LogP contribution is -2.55. The van der Waals surface area contributed by atoms with Crippen molar-refractivity contribution in [2.24, 2.45) is 23.7 Å². The summed E-state index contributed by atoms with van der Waals surface area (Å²) in [4.78, 5) is 14.9. The summed E-state index contributed by atoms with van der Waals surface area (Å²) in [5.74, 6) is -0.690. The highest BCUT2D eigenvalue weighted by atomic mass is 19.1. The Bertz CT molecular complexity index is 674. The highest BCUT2D eigenvalue weighted by Gasteiger charge is 2.53. The second-order valence-electron chi connectivity index (χ2n) is 8.04. The predicted octanol–water partition coefficient (Wildman–Crippen LogP) is 0.503. The number of carbonyl (C=O) groups excluding carboxylic acids is 1. The molecule has 0 unspecified atom stereocenters. The van der Waals surface area contributed by atoms with Gasteiger partial charge in [-0.15, -0.1) is 0 Å². The Morgan fingerprint density at radius 1 is 1.17 bits per heavy atom. The Kier molecular flexibility index (Phi) is 7.45. The largest absolute Gasteiger partial charge is 0.492 e. The van der Waals surface area contributed by atoms with Gasteiger partial charge in [0.05, 0.1) is 18.8 Å². The van der Waals surface area contributed by atoms with Crippen LogP contribution in [0.4, 0.5) is 4.39 Å². The third-order valence-electron chi connectivity index (χ3n) is 6.24. The molecule has 6 atom stereocenters. The summed E-state index contributed by atoms with van der Waals surface area (Å²) < 4.78 is 23.6. The first-order valence-electron chi connectivity index (χ1n) is 10.2. The van der Waals surface area contributed by atoms with Gasteiger partial charge >= 0.3 is 0 Å². The van der Waals surface area contributed by atoms with Crippen LogP contribution in [0.15, 0.2) is 24.3 Å². The Balaban J connectivity index is 1.59. The number of hydrogen-bond donors (Lipinski definition) is 3. The van der Waals surface area contributed by atoms with Gasteiger partial charge in [-0.3, -0.25) is 9.69 Å². The molecule has 8 heteroatoms. The molecule has 1 aromatic rings. The molecule has 2 aliphatic rings. The lowest BCUT2D eigenvalue weighted by molar-refractivity contribution is -0.146. The number of methoxy groups -OCH3 is 1. The van der Waals surface area contributed by atoms with E-state index in [0.717, 1.165) is 0 Å². The maximum atomic E-state index is 13.0. The van der Waals surface area contributed by atoms with E-state index in [9.17, 15) is 19.4 Å². The molecule has 0 aromatic heterocycles. The quantitative estimate of drug-likeness (QED) is 0.541. The van der Waals surface area contributed by atoms with Gasteiger partial charge in [-0.2, -0.15) is 0 Å². The monoisotopic (exact) mass is 410 g/mol. The number of aliphatic hydroxyl groups is 2. The predicted molar refractivity (Wildman–Crippen MR) is 105 cm³/mol. The second kappa shape index (κ2) is 9.84. The van der Waals surface area contributed by atoms with Crippen LogP contribution in [0.5, 0.6) is 5.75 Å². The summed E-state index contributed by atoms with van der Waals surface area (Å²) in [6, 6.07) is 5.87. The fourth-order valence-electron chi connectivity index (χ4n) is 4.68. The fourth-order valence-corrected chi connectivity index (χ4v) is 4.68. The van der Waals surface area contributed by atoms with Crippen LogP contribution in [0.3, 0.4) is 0 Å². The van der Waals surface area contributed by atoms with Crippen molar-refractivity contribution in [2.75, 3.05) is 46.5 Å². The number of hydrogen-bond acceptors (Lipinski definition) is 6. The first-order valence-corrected chi connectivity index (χ1v) is 10.2. The van der Waals surface area contributed by atoms with Gasteiger partial charge in [0.25, 0.3) is 0 Å². The van der Waals surface area contributed by atoms with Crippen LogP contribution in [-0.2, 0) is 9.53 Å². The molecule has 1 amide bonds. The van der Waals surface area contributed by atoms with E-state index in [0.29, 0.717) is 45.1 Å². The number of fused-ring (bicyclic) bond motifs is 1. The van der Waals surface area contributed by atoms with Crippen molar-refractivity contribution in [3.63, 3.8) is 0 Å². The molecule has 1 aromatic carbocycles. The number of ether oxygens (including phenoxy) is 2. The molecule has 1 heterocycles. The van der Waals surface area contributed by atoms with Crippen molar-refractivity contribution in [1.29, 1.82) is 0 Å². The van der Waals surface area contributed by atoms with Gasteiger partial charge < -0.3 is 25.0 Å². The highest BCUT2D eigenvalue weighted by Crippen LogP contribution is 2.43. The number of nitrogens with zero attached hydrogens (tertiary/aromatic N) is 1. The highest BCUT2D eigenvalue weighted by molar-refractivity contribution is 5.79. The fraction of sp³-hybridized carbons (Fsp3) is 0.667. The number of halogens is 1. The maximum Gasteiger partial charge on any atom is 0.223 e. The zero-order valence-electron chi connectivity index (χ0n) is 17.0. The van der Waals surface area contributed by atoms with Gasteiger partial charge in [-0.25, -0.2) is 4.39 Å². The van der Waals surface area contributed by atoms with E-state index < -0.39 is 12.2 Å². The lowest BCUT2D eigenvalue weighted by atomic mass is 9.65. The van der Waals surface area contributed by atoms with Crippen LogP contribution in [0.25, 0.3) is 0 Å². The second-order valence-corrected chi connectivity index (χ2v) is 8.04. The minimum Gasteiger partial charge on any atom is -0.492 e. The van der Waals surface area contributed by atoms with Gasteiger partial charge in [0.2, 0.25) is 5.91 Å². The number of nitrogens with one attached hydrogen (secondary N) is 1. The van der Waals surface area contributed by atoms with Gasteiger partial charge in [0.15, 0.2) is 0 Å². The minimum atomic E-state index is -0.926. The van der Waals surface area contributed by atoms with Gasteiger partial charge in [0.1, 0.15) is 18.2 Å². The Labute approximate surface area is 170 Å². The summed E-state index contributed by atoms with van der Waals surface area (Å²) in [5.41, 5.74) is 0. The summed E-state index contributed by atoms with van der Waals surface area (Å²) in [6.45, 7) is 4.98. The van der Waals surface area contributed by atoms with Crippen LogP contribution in [-0.4, -0.2) is 79.7 Å². The molecule has 7 nitrogen and oxygen atoms in total. The van der Waals surface area contributed by atoms with E-state index >= 15 is 0 Å². The molecule has 3 rings (SSSR count). The average molecular weight is 410 g/mol. The first kappa shape index (κ1) is 22.0. The number of aliphatic hydroxyl groups excluding tert-OH is 2. The topological polar surface area (TPSA) is 91.3 Å². The molecule has 0 radical (unpaired) electrons. The molecule has 0 bridgehead atoms. The summed E-state index contributed by atoms with van der Waals surface area (Å²) in [7, 11) is 1.58. The van der Waals surface area contributed by atoms with Crippen molar-refractivity contribution in [3.05, 3.63) is 30.1 Å². The van der Waals surface area contributed by atoms with Gasteiger partial charge in [-0.1, -0.05) is 6.92 Å². The minimum absolute atomic E-state index is 0.0308. The molecule has 29 heavy (non-hydrogen) atoms. The van der Waals surface area contributed by atoms with Crippen LogP contribution in [0.2, 0.25) is 0 Å². The van der Waals surface area contributed by atoms with Crippen molar-refractivity contribution < 1.29 is 28.9 Å². The molecular weight excluding hydrogens is 379 g/mol. The third kappa shape index (κ3) is 5.06. The molecule has 1 saturated heterocycles. The van der Waals surface area contributed by atoms with Gasteiger partial charge in [-0.05, 0) is 36.1 Å². The molecule has 3 N–H and O–H groups in total. The number of likely N-dealkylation sites (tertiary alicyclic amines) is 1. The van der Waals surface area contributed by atoms with E-state index in [2.05, 4.69) is 10.2 Å². The van der Waals surface area contributed by atoms with Crippen LogP contribution in [0, 0.1) is 29.5 Å². The standard InChI is InChI=1S/C21H31FN2O5/c1-13-18(21(27)23-7-9-28-2)16-11-24(12-17(16)20(26)19(13)25)8-10-29-15-5-3-14(22)4-6-15/h3-6,13,16-20,25-26H,7-12H2,1-2H3,(H,23,27)/t13-,16+,17+,18+,19+,20+/m1/s1. The average Bonchev–Trinajstić information content (AvgIpc) is 3.12. The molecule has 1 saturated carbocycles. The smallest absolute Gasteiger partial charge is 0.223 e. The van der Waals surface area contributed by atoms with Crippen molar-refractivity contribution >= 4 is 5.91 Å². The summed E-state index contributed by atoms with van der Waals surface area (Å²) in [6.07, 6.45) is -1.77. The lowest BCUT2D eigenvalue weighted by Gasteiger charge is -2.43. The number of amides is 1.